The average molecular weight is 343 g/mol. The van der Waals surface area contributed by atoms with Crippen LogP contribution in [0.4, 0.5) is 5.69 Å². The number of hydrogen-bond donors (Lipinski definition) is 0. The number of amides is 1. The number of carbonyl (C=O) groups is 2. The summed E-state index contributed by atoms with van der Waals surface area (Å²) in [4.78, 5) is 25.6. The maximum atomic E-state index is 12.3. The van der Waals surface area contributed by atoms with Crippen molar-refractivity contribution in [2.24, 2.45) is 0 Å². The van der Waals surface area contributed by atoms with Crippen LogP contribution in [-0.4, -0.2) is 31.8 Å². The van der Waals surface area contributed by atoms with Crippen LogP contribution in [0.1, 0.15) is 21.3 Å². The fourth-order valence-corrected chi connectivity index (χ4v) is 3.77. The van der Waals surface area contributed by atoms with Crippen LogP contribution >= 0.6 is 11.8 Å². The molecule has 0 aliphatic carbocycles. The Hall–Kier alpha value is -2.47. The molecule has 0 spiro atoms. The van der Waals surface area contributed by atoms with Crippen LogP contribution in [0.25, 0.3) is 0 Å². The monoisotopic (exact) mass is 343 g/mol. The molecule has 1 saturated heterocycles. The highest BCUT2D eigenvalue weighted by Crippen LogP contribution is 2.42. The minimum Gasteiger partial charge on any atom is -0.497 e. The van der Waals surface area contributed by atoms with Gasteiger partial charge in [-0.25, -0.2) is 4.79 Å². The number of anilines is 1. The molecule has 0 bridgehead atoms. The lowest BCUT2D eigenvalue weighted by Crippen LogP contribution is -2.27. The zero-order chi connectivity index (χ0) is 17.1. The van der Waals surface area contributed by atoms with Crippen molar-refractivity contribution in [2.75, 3.05) is 24.9 Å². The smallest absolute Gasteiger partial charge is 0.337 e. The molecular formula is C18H17NO4S. The van der Waals surface area contributed by atoms with Crippen LogP contribution in [0.3, 0.4) is 0 Å². The van der Waals surface area contributed by atoms with Gasteiger partial charge in [-0.1, -0.05) is 12.1 Å². The first-order chi connectivity index (χ1) is 11.6. The number of rotatable bonds is 4. The van der Waals surface area contributed by atoms with Gasteiger partial charge < -0.3 is 9.47 Å². The molecule has 1 atom stereocenters. The van der Waals surface area contributed by atoms with Crippen LogP contribution in [0.2, 0.25) is 0 Å². The predicted molar refractivity (Wildman–Crippen MR) is 93.5 cm³/mol. The number of ether oxygens (including phenoxy) is 2. The van der Waals surface area contributed by atoms with Crippen molar-refractivity contribution in [3.63, 3.8) is 0 Å². The third-order valence-electron chi connectivity index (χ3n) is 3.84. The Balaban J connectivity index is 1.88. The largest absolute Gasteiger partial charge is 0.497 e. The second-order valence-corrected chi connectivity index (χ2v) is 6.31. The van der Waals surface area contributed by atoms with Crippen LogP contribution in [0.5, 0.6) is 5.75 Å². The number of benzene rings is 2. The third-order valence-corrected chi connectivity index (χ3v) is 5.05. The van der Waals surface area contributed by atoms with Gasteiger partial charge in [0.1, 0.15) is 11.1 Å². The zero-order valence-corrected chi connectivity index (χ0v) is 14.2. The fraction of sp³-hybridized carbons (Fsp3) is 0.222. The van der Waals surface area contributed by atoms with Gasteiger partial charge in [-0.15, -0.1) is 11.8 Å². The number of methoxy groups -OCH3 is 2. The molecule has 1 fully saturated rings. The summed E-state index contributed by atoms with van der Waals surface area (Å²) in [7, 11) is 2.96. The highest BCUT2D eigenvalue weighted by molar-refractivity contribution is 8.00. The topological polar surface area (TPSA) is 55.8 Å². The Labute approximate surface area is 144 Å². The molecule has 5 nitrogen and oxygen atoms in total. The lowest BCUT2D eigenvalue weighted by Gasteiger charge is -2.24. The van der Waals surface area contributed by atoms with Gasteiger partial charge in [0.2, 0.25) is 5.91 Å². The number of hydrogen-bond acceptors (Lipinski definition) is 5. The van der Waals surface area contributed by atoms with E-state index in [1.54, 1.807) is 35.9 Å². The van der Waals surface area contributed by atoms with E-state index in [0.717, 1.165) is 17.0 Å². The van der Waals surface area contributed by atoms with Crippen molar-refractivity contribution in [1.82, 2.24) is 0 Å². The van der Waals surface area contributed by atoms with E-state index in [4.69, 9.17) is 9.47 Å². The van der Waals surface area contributed by atoms with Gasteiger partial charge in [0.15, 0.2) is 0 Å². The molecule has 0 aromatic heterocycles. The van der Waals surface area contributed by atoms with Gasteiger partial charge in [0, 0.05) is 5.69 Å². The van der Waals surface area contributed by atoms with Gasteiger partial charge in [0.25, 0.3) is 0 Å². The standard InChI is InChI=1S/C18H17NO4S/c1-22-15-9-7-14(8-10-15)19-16(20)11-24-17(19)12-3-5-13(6-4-12)18(21)23-2/h3-10,17H,11H2,1-2H3. The molecule has 1 aliphatic heterocycles. The van der Waals surface area contributed by atoms with E-state index >= 15 is 0 Å². The lowest BCUT2D eigenvalue weighted by atomic mass is 10.1. The molecule has 2 aromatic rings. The second-order valence-electron chi connectivity index (χ2n) is 5.24. The second kappa shape index (κ2) is 6.97. The third kappa shape index (κ3) is 3.10. The van der Waals surface area contributed by atoms with Gasteiger partial charge in [-0.05, 0) is 42.0 Å². The zero-order valence-electron chi connectivity index (χ0n) is 13.4. The molecule has 0 N–H and O–H groups in total. The van der Waals surface area contributed by atoms with E-state index < -0.39 is 0 Å². The molecule has 1 unspecified atom stereocenters. The molecule has 24 heavy (non-hydrogen) atoms. The van der Waals surface area contributed by atoms with E-state index in [1.165, 1.54) is 7.11 Å². The summed E-state index contributed by atoms with van der Waals surface area (Å²) < 4.78 is 9.87. The van der Waals surface area contributed by atoms with Crippen molar-refractivity contribution >= 4 is 29.3 Å². The van der Waals surface area contributed by atoms with E-state index in [2.05, 4.69) is 0 Å². The van der Waals surface area contributed by atoms with Crippen molar-refractivity contribution in [1.29, 1.82) is 0 Å². The SMILES string of the molecule is COC(=O)c1ccc(C2SCC(=O)N2c2ccc(OC)cc2)cc1. The molecule has 1 aliphatic rings. The number of esters is 1. The minimum absolute atomic E-state index is 0.0622. The molecule has 1 amide bonds. The first kappa shape index (κ1) is 16.4. The normalized spacial score (nSPS) is 17.0. The lowest BCUT2D eigenvalue weighted by molar-refractivity contribution is -0.115. The van der Waals surface area contributed by atoms with E-state index in [-0.39, 0.29) is 17.3 Å². The number of thioether (sulfide) groups is 1. The van der Waals surface area contributed by atoms with Gasteiger partial charge >= 0.3 is 5.97 Å². The van der Waals surface area contributed by atoms with Crippen molar-refractivity contribution in [3.05, 3.63) is 59.7 Å². The Bertz CT molecular complexity index is 743. The molecule has 0 saturated carbocycles. The Morgan fingerprint density at radius 1 is 1.08 bits per heavy atom. The molecule has 0 radical (unpaired) electrons. The molecular weight excluding hydrogens is 326 g/mol. The summed E-state index contributed by atoms with van der Waals surface area (Å²) in [6.45, 7) is 0. The quantitative estimate of drug-likeness (QED) is 0.798. The molecule has 2 aromatic carbocycles. The first-order valence-corrected chi connectivity index (χ1v) is 8.45. The molecule has 3 rings (SSSR count). The minimum atomic E-state index is -0.372. The summed E-state index contributed by atoms with van der Waals surface area (Å²) in [5.41, 5.74) is 2.29. The van der Waals surface area contributed by atoms with Crippen LogP contribution in [0.15, 0.2) is 48.5 Å². The predicted octanol–water partition coefficient (Wildman–Crippen LogP) is 3.26. The summed E-state index contributed by atoms with van der Waals surface area (Å²) in [5, 5.41) is -0.113. The van der Waals surface area contributed by atoms with E-state index in [0.29, 0.717) is 11.3 Å². The van der Waals surface area contributed by atoms with Crippen molar-refractivity contribution in [3.8, 4) is 5.75 Å². The van der Waals surface area contributed by atoms with Gasteiger partial charge in [-0.3, -0.25) is 9.69 Å². The van der Waals surface area contributed by atoms with Crippen molar-refractivity contribution in [2.45, 2.75) is 5.37 Å². The summed E-state index contributed by atoms with van der Waals surface area (Å²) in [5.74, 6) is 0.864. The van der Waals surface area contributed by atoms with E-state index in [1.807, 2.05) is 36.4 Å². The van der Waals surface area contributed by atoms with E-state index in [9.17, 15) is 9.59 Å². The number of carbonyl (C=O) groups excluding carboxylic acids is 2. The Morgan fingerprint density at radius 3 is 2.33 bits per heavy atom. The highest BCUT2D eigenvalue weighted by atomic mass is 32.2. The Morgan fingerprint density at radius 2 is 1.75 bits per heavy atom. The molecule has 6 heteroatoms. The molecule has 124 valence electrons. The van der Waals surface area contributed by atoms with Crippen molar-refractivity contribution < 1.29 is 19.1 Å². The summed E-state index contributed by atoms with van der Waals surface area (Å²) in [6.07, 6.45) is 0. The van der Waals surface area contributed by atoms with Crippen LogP contribution in [-0.2, 0) is 9.53 Å². The van der Waals surface area contributed by atoms with Crippen LogP contribution < -0.4 is 9.64 Å². The fourth-order valence-electron chi connectivity index (χ4n) is 2.59. The van der Waals surface area contributed by atoms with Gasteiger partial charge in [0.05, 0.1) is 25.5 Å². The molecule has 1 heterocycles. The Kier molecular flexibility index (Phi) is 4.76. The highest BCUT2D eigenvalue weighted by Gasteiger charge is 2.34. The summed E-state index contributed by atoms with van der Waals surface area (Å²) >= 11 is 1.57. The van der Waals surface area contributed by atoms with Gasteiger partial charge in [-0.2, -0.15) is 0 Å². The summed E-state index contributed by atoms with van der Waals surface area (Å²) in [6, 6.07) is 14.6. The maximum absolute atomic E-state index is 12.3. The maximum Gasteiger partial charge on any atom is 0.337 e. The average Bonchev–Trinajstić information content (AvgIpc) is 3.02. The number of nitrogens with zero attached hydrogens (tertiary/aromatic N) is 1. The van der Waals surface area contributed by atoms with Crippen LogP contribution in [0, 0.1) is 0 Å². The first-order valence-electron chi connectivity index (χ1n) is 7.40.